The van der Waals surface area contributed by atoms with Crippen molar-refractivity contribution in [3.63, 3.8) is 0 Å². The maximum absolute atomic E-state index is 12.8. The van der Waals surface area contributed by atoms with Crippen molar-refractivity contribution in [3.8, 4) is 0 Å². The number of fused-ring (bicyclic) bond motifs is 1. The van der Waals surface area contributed by atoms with Gasteiger partial charge < -0.3 is 5.32 Å². The van der Waals surface area contributed by atoms with Gasteiger partial charge in [-0.2, -0.15) is 0 Å². The summed E-state index contributed by atoms with van der Waals surface area (Å²) in [4.78, 5) is 16.6. The molecule has 136 valence electrons. The van der Waals surface area contributed by atoms with Crippen LogP contribution in [0.5, 0.6) is 0 Å². The molecule has 3 nitrogen and oxygen atoms in total. The van der Waals surface area contributed by atoms with Crippen LogP contribution in [0.1, 0.15) is 22.3 Å². The molecule has 2 atom stereocenters. The second kappa shape index (κ2) is 6.95. The van der Waals surface area contributed by atoms with Gasteiger partial charge in [-0.05, 0) is 44.2 Å². The Morgan fingerprint density at radius 2 is 2.00 bits per heavy atom. The Bertz CT molecular complexity index is 1070. The van der Waals surface area contributed by atoms with Crippen LogP contribution in [0.3, 0.4) is 0 Å². The largest absolute Gasteiger partial charge is 0.356 e. The average Bonchev–Trinajstić information content (AvgIpc) is 3.00. The predicted octanol–water partition coefficient (Wildman–Crippen LogP) is 5.97. The SMILES string of the molecule is Cc1nc2cc(NC3=CC(C)(Cl)C(C(=O)c4ccccc4)C=C3)ccc2s1. The van der Waals surface area contributed by atoms with E-state index in [2.05, 4.69) is 16.4 Å². The lowest BCUT2D eigenvalue weighted by atomic mass is 9.82. The van der Waals surface area contributed by atoms with E-state index < -0.39 is 10.8 Å². The number of rotatable bonds is 4. The van der Waals surface area contributed by atoms with E-state index in [1.54, 1.807) is 11.3 Å². The van der Waals surface area contributed by atoms with Crippen LogP contribution in [0, 0.1) is 12.8 Å². The van der Waals surface area contributed by atoms with Gasteiger partial charge in [0.1, 0.15) is 0 Å². The Balaban J connectivity index is 1.56. The number of aryl methyl sites for hydroxylation is 1. The minimum atomic E-state index is -0.800. The summed E-state index contributed by atoms with van der Waals surface area (Å²) in [7, 11) is 0. The maximum atomic E-state index is 12.8. The lowest BCUT2D eigenvalue weighted by Gasteiger charge is -2.30. The molecule has 0 aliphatic heterocycles. The molecule has 4 rings (SSSR count). The molecule has 0 spiro atoms. The summed E-state index contributed by atoms with van der Waals surface area (Å²) >= 11 is 8.42. The van der Waals surface area contributed by atoms with Crippen LogP contribution in [0.4, 0.5) is 5.69 Å². The molecule has 0 fully saturated rings. The molecule has 1 aliphatic carbocycles. The van der Waals surface area contributed by atoms with Crippen molar-refractivity contribution in [2.75, 3.05) is 5.32 Å². The van der Waals surface area contributed by atoms with E-state index in [0.717, 1.165) is 21.9 Å². The zero-order valence-electron chi connectivity index (χ0n) is 15.1. The first-order chi connectivity index (χ1) is 12.9. The molecule has 0 bridgehead atoms. The molecule has 1 aromatic heterocycles. The van der Waals surface area contributed by atoms with Crippen LogP contribution in [-0.4, -0.2) is 15.6 Å². The highest BCUT2D eigenvalue weighted by Crippen LogP contribution is 2.36. The van der Waals surface area contributed by atoms with E-state index in [-0.39, 0.29) is 5.78 Å². The molecule has 1 heterocycles. The van der Waals surface area contributed by atoms with Gasteiger partial charge in [-0.25, -0.2) is 4.98 Å². The van der Waals surface area contributed by atoms with Crippen molar-refractivity contribution in [1.82, 2.24) is 4.98 Å². The normalized spacial score (nSPS) is 21.9. The maximum Gasteiger partial charge on any atom is 0.171 e. The number of aromatic nitrogens is 1. The number of anilines is 1. The first kappa shape index (κ1) is 18.0. The molecular weight excluding hydrogens is 376 g/mol. The lowest BCUT2D eigenvalue weighted by molar-refractivity contribution is 0.0932. The smallest absolute Gasteiger partial charge is 0.171 e. The Morgan fingerprint density at radius 1 is 1.22 bits per heavy atom. The number of benzene rings is 2. The van der Waals surface area contributed by atoms with E-state index in [1.807, 2.05) is 74.5 Å². The molecule has 2 unspecified atom stereocenters. The number of nitrogens with one attached hydrogen (secondary N) is 1. The monoisotopic (exact) mass is 394 g/mol. The number of alkyl halides is 1. The quantitative estimate of drug-likeness (QED) is 0.438. The molecule has 0 amide bonds. The zero-order chi connectivity index (χ0) is 19.0. The Morgan fingerprint density at radius 3 is 2.74 bits per heavy atom. The van der Waals surface area contributed by atoms with E-state index in [4.69, 9.17) is 11.6 Å². The zero-order valence-corrected chi connectivity index (χ0v) is 16.6. The Labute approximate surface area is 167 Å². The van der Waals surface area contributed by atoms with E-state index in [0.29, 0.717) is 5.56 Å². The highest BCUT2D eigenvalue weighted by atomic mass is 35.5. The van der Waals surface area contributed by atoms with Gasteiger partial charge in [0.2, 0.25) is 0 Å². The number of allylic oxidation sites excluding steroid dienone is 3. The van der Waals surface area contributed by atoms with Gasteiger partial charge >= 0.3 is 0 Å². The van der Waals surface area contributed by atoms with Gasteiger partial charge in [0.25, 0.3) is 0 Å². The van der Waals surface area contributed by atoms with Gasteiger partial charge in [-0.3, -0.25) is 4.79 Å². The number of halogens is 1. The summed E-state index contributed by atoms with van der Waals surface area (Å²) in [6, 6.07) is 15.4. The summed E-state index contributed by atoms with van der Waals surface area (Å²) in [6.45, 7) is 3.88. The second-order valence-electron chi connectivity index (χ2n) is 6.86. The van der Waals surface area contributed by atoms with Crippen molar-refractivity contribution in [1.29, 1.82) is 0 Å². The standard InChI is InChI=1S/C22H19ClN2OS/c1-14-24-19-12-16(9-11-20(19)27-14)25-17-8-10-18(22(2,23)13-17)21(26)15-6-4-3-5-7-15/h3-13,18,25H,1-2H3. The molecule has 2 aromatic carbocycles. The number of ketones is 1. The fourth-order valence-electron chi connectivity index (χ4n) is 3.32. The number of Topliss-reactive ketones (excluding diaryl/α,β-unsaturated/α-hetero) is 1. The van der Waals surface area contributed by atoms with Crippen molar-refractivity contribution < 1.29 is 4.79 Å². The topological polar surface area (TPSA) is 42.0 Å². The molecule has 0 radical (unpaired) electrons. The molecule has 1 N–H and O–H groups in total. The minimum Gasteiger partial charge on any atom is -0.356 e. The van der Waals surface area contributed by atoms with Gasteiger partial charge in [-0.1, -0.05) is 36.4 Å². The molecular formula is C22H19ClN2OS. The van der Waals surface area contributed by atoms with Crippen LogP contribution in [0.2, 0.25) is 0 Å². The summed E-state index contributed by atoms with van der Waals surface area (Å²) in [5, 5.41) is 4.43. The fraction of sp³-hybridized carbons (Fsp3) is 0.182. The predicted molar refractivity (Wildman–Crippen MR) is 114 cm³/mol. The molecule has 27 heavy (non-hydrogen) atoms. The number of carbonyl (C=O) groups excluding carboxylic acids is 1. The second-order valence-corrected chi connectivity index (χ2v) is 8.91. The Kier molecular flexibility index (Phi) is 4.62. The van der Waals surface area contributed by atoms with Gasteiger partial charge in [0, 0.05) is 16.9 Å². The third kappa shape index (κ3) is 3.68. The molecule has 0 saturated carbocycles. The minimum absolute atomic E-state index is 0.0269. The van der Waals surface area contributed by atoms with E-state index >= 15 is 0 Å². The molecule has 0 saturated heterocycles. The van der Waals surface area contributed by atoms with Crippen LogP contribution < -0.4 is 5.32 Å². The van der Waals surface area contributed by atoms with Crippen molar-refractivity contribution in [2.45, 2.75) is 18.7 Å². The molecule has 5 heteroatoms. The number of nitrogens with zero attached hydrogens (tertiary/aromatic N) is 1. The highest BCUT2D eigenvalue weighted by Gasteiger charge is 2.36. The third-order valence-corrected chi connectivity index (χ3v) is 5.93. The van der Waals surface area contributed by atoms with Crippen molar-refractivity contribution >= 4 is 44.6 Å². The van der Waals surface area contributed by atoms with Crippen molar-refractivity contribution in [2.24, 2.45) is 5.92 Å². The Hall–Kier alpha value is -2.43. The number of hydrogen-bond donors (Lipinski definition) is 1. The third-order valence-electron chi connectivity index (χ3n) is 4.64. The molecule has 3 aromatic rings. The van der Waals surface area contributed by atoms with Crippen LogP contribution in [-0.2, 0) is 0 Å². The average molecular weight is 395 g/mol. The number of carbonyl (C=O) groups is 1. The van der Waals surface area contributed by atoms with Gasteiger partial charge in [0.15, 0.2) is 5.78 Å². The van der Waals surface area contributed by atoms with Crippen LogP contribution >= 0.6 is 22.9 Å². The van der Waals surface area contributed by atoms with Crippen LogP contribution in [0.25, 0.3) is 10.2 Å². The van der Waals surface area contributed by atoms with E-state index in [1.165, 1.54) is 4.70 Å². The van der Waals surface area contributed by atoms with Crippen molar-refractivity contribution in [3.05, 3.63) is 83.0 Å². The molecule has 1 aliphatic rings. The van der Waals surface area contributed by atoms with E-state index in [9.17, 15) is 4.79 Å². The fourth-order valence-corrected chi connectivity index (χ4v) is 4.42. The first-order valence-corrected chi connectivity index (χ1v) is 9.95. The van der Waals surface area contributed by atoms with Crippen LogP contribution in [0.15, 0.2) is 72.5 Å². The summed E-state index contributed by atoms with van der Waals surface area (Å²) in [5.41, 5.74) is 3.47. The summed E-state index contributed by atoms with van der Waals surface area (Å²) in [5.74, 6) is -0.380. The number of hydrogen-bond acceptors (Lipinski definition) is 4. The summed E-state index contributed by atoms with van der Waals surface area (Å²) < 4.78 is 1.17. The van der Waals surface area contributed by atoms with Gasteiger partial charge in [0.05, 0.1) is 26.0 Å². The number of thiazole rings is 1. The van der Waals surface area contributed by atoms with Gasteiger partial charge in [-0.15, -0.1) is 22.9 Å². The highest BCUT2D eigenvalue weighted by molar-refractivity contribution is 7.18. The lowest BCUT2D eigenvalue weighted by Crippen LogP contribution is -2.34. The first-order valence-electron chi connectivity index (χ1n) is 8.76. The summed E-state index contributed by atoms with van der Waals surface area (Å²) in [6.07, 6.45) is 5.72.